The van der Waals surface area contributed by atoms with Gasteiger partial charge in [0.1, 0.15) is 0 Å². The van der Waals surface area contributed by atoms with Gasteiger partial charge >= 0.3 is 6.03 Å². The first-order chi connectivity index (χ1) is 9.06. The molecule has 0 heterocycles. The fourth-order valence-electron chi connectivity index (χ4n) is 1.72. The number of carbonyl (C=O) groups is 1. The van der Waals surface area contributed by atoms with Crippen molar-refractivity contribution >= 4 is 17.6 Å². The van der Waals surface area contributed by atoms with Gasteiger partial charge in [0.2, 0.25) is 0 Å². The molecule has 1 unspecified atom stereocenters. The van der Waals surface area contributed by atoms with E-state index < -0.39 is 6.10 Å². The molecule has 0 aliphatic carbocycles. The lowest BCUT2D eigenvalue weighted by atomic mass is 10.1. The zero-order valence-electron chi connectivity index (χ0n) is 11.3. The Kier molecular flexibility index (Phi) is 6.67. The Bertz CT molecular complexity index is 391. The van der Waals surface area contributed by atoms with Crippen LogP contribution < -0.4 is 10.6 Å². The van der Waals surface area contributed by atoms with E-state index in [2.05, 4.69) is 10.6 Å². The second kappa shape index (κ2) is 8.02. The molecule has 0 aliphatic rings. The van der Waals surface area contributed by atoms with Gasteiger partial charge in [-0.3, -0.25) is 0 Å². The molecule has 106 valence electrons. The van der Waals surface area contributed by atoms with Gasteiger partial charge in [0.15, 0.2) is 0 Å². The van der Waals surface area contributed by atoms with Gasteiger partial charge in [-0.25, -0.2) is 4.79 Å². The number of aliphatic hydroxyl groups is 1. The summed E-state index contributed by atoms with van der Waals surface area (Å²) in [4.78, 5) is 11.6. The molecule has 1 atom stereocenters. The Morgan fingerprint density at radius 1 is 1.26 bits per heavy atom. The second-order valence-electron chi connectivity index (χ2n) is 4.44. The van der Waals surface area contributed by atoms with E-state index in [1.54, 1.807) is 24.3 Å². The van der Waals surface area contributed by atoms with E-state index in [0.717, 1.165) is 18.4 Å². The fraction of sp³-hybridized carbons (Fsp3) is 0.500. The van der Waals surface area contributed by atoms with Crippen molar-refractivity contribution in [1.82, 2.24) is 10.6 Å². The summed E-state index contributed by atoms with van der Waals surface area (Å²) in [6.45, 7) is 4.22. The van der Waals surface area contributed by atoms with Crippen molar-refractivity contribution in [3.63, 3.8) is 0 Å². The van der Waals surface area contributed by atoms with Crippen LogP contribution >= 0.6 is 11.6 Å². The Morgan fingerprint density at radius 2 is 1.84 bits per heavy atom. The average Bonchev–Trinajstić information content (AvgIpc) is 2.43. The lowest BCUT2D eigenvalue weighted by Crippen LogP contribution is -2.42. The standard InChI is InChI=1S/C14H21ClN2O2/c1-3-12(4-2)17-14(19)16-9-13(18)10-5-7-11(15)8-6-10/h5-8,12-13,18H,3-4,9H2,1-2H3,(H2,16,17,19). The first kappa shape index (κ1) is 15.8. The minimum atomic E-state index is -0.732. The zero-order chi connectivity index (χ0) is 14.3. The molecule has 19 heavy (non-hydrogen) atoms. The first-order valence-electron chi connectivity index (χ1n) is 6.54. The van der Waals surface area contributed by atoms with E-state index >= 15 is 0 Å². The summed E-state index contributed by atoms with van der Waals surface area (Å²) in [5.74, 6) is 0. The molecule has 1 aromatic carbocycles. The molecule has 0 saturated carbocycles. The third-order valence-electron chi connectivity index (χ3n) is 3.03. The maximum atomic E-state index is 11.6. The molecule has 0 bridgehead atoms. The lowest BCUT2D eigenvalue weighted by Gasteiger charge is -2.17. The van der Waals surface area contributed by atoms with Crippen LogP contribution in [0.15, 0.2) is 24.3 Å². The third kappa shape index (κ3) is 5.49. The highest BCUT2D eigenvalue weighted by Crippen LogP contribution is 2.15. The summed E-state index contributed by atoms with van der Waals surface area (Å²) in [6, 6.07) is 6.84. The Balaban J connectivity index is 2.39. The van der Waals surface area contributed by atoms with Gasteiger partial charge in [-0.05, 0) is 30.5 Å². The Morgan fingerprint density at radius 3 is 2.37 bits per heavy atom. The number of hydrogen-bond donors (Lipinski definition) is 3. The minimum absolute atomic E-state index is 0.174. The molecule has 0 aromatic heterocycles. The number of rotatable bonds is 6. The Hall–Kier alpha value is -1.26. The smallest absolute Gasteiger partial charge is 0.315 e. The number of halogens is 1. The number of nitrogens with one attached hydrogen (secondary N) is 2. The van der Waals surface area contributed by atoms with E-state index in [9.17, 15) is 9.90 Å². The highest BCUT2D eigenvalue weighted by atomic mass is 35.5. The highest BCUT2D eigenvalue weighted by molar-refractivity contribution is 6.30. The number of amides is 2. The van der Waals surface area contributed by atoms with Crippen LogP contribution in [0.5, 0.6) is 0 Å². The molecule has 3 N–H and O–H groups in total. The summed E-state index contributed by atoms with van der Waals surface area (Å²) in [5.41, 5.74) is 0.729. The van der Waals surface area contributed by atoms with Crippen LogP contribution in [0, 0.1) is 0 Å². The highest BCUT2D eigenvalue weighted by Gasteiger charge is 2.11. The largest absolute Gasteiger partial charge is 0.387 e. The molecule has 0 radical (unpaired) electrons. The van der Waals surface area contributed by atoms with Crippen molar-refractivity contribution in [1.29, 1.82) is 0 Å². The van der Waals surface area contributed by atoms with Gasteiger partial charge in [0, 0.05) is 17.6 Å². The van der Waals surface area contributed by atoms with Crippen LogP contribution in [0.2, 0.25) is 5.02 Å². The molecule has 2 amide bonds. The number of hydrogen-bond acceptors (Lipinski definition) is 2. The normalized spacial score (nSPS) is 12.3. The monoisotopic (exact) mass is 284 g/mol. The predicted molar refractivity (Wildman–Crippen MR) is 77.3 cm³/mol. The van der Waals surface area contributed by atoms with Crippen LogP contribution in [0.4, 0.5) is 4.79 Å². The van der Waals surface area contributed by atoms with Crippen LogP contribution in [-0.4, -0.2) is 23.7 Å². The molecule has 0 spiro atoms. The maximum absolute atomic E-state index is 11.6. The molecular weight excluding hydrogens is 264 g/mol. The van der Waals surface area contributed by atoms with Gasteiger partial charge in [0.05, 0.1) is 6.10 Å². The lowest BCUT2D eigenvalue weighted by molar-refractivity contribution is 0.172. The molecule has 5 heteroatoms. The number of urea groups is 1. The molecule has 0 fully saturated rings. The van der Waals surface area contributed by atoms with E-state index in [1.165, 1.54) is 0 Å². The maximum Gasteiger partial charge on any atom is 0.315 e. The first-order valence-corrected chi connectivity index (χ1v) is 6.92. The van der Waals surface area contributed by atoms with Crippen molar-refractivity contribution < 1.29 is 9.90 Å². The molecule has 0 saturated heterocycles. The van der Waals surface area contributed by atoms with E-state index in [0.29, 0.717) is 5.02 Å². The van der Waals surface area contributed by atoms with Crippen LogP contribution in [-0.2, 0) is 0 Å². The van der Waals surface area contributed by atoms with Crippen molar-refractivity contribution in [3.8, 4) is 0 Å². The van der Waals surface area contributed by atoms with Gasteiger partial charge in [-0.1, -0.05) is 37.6 Å². The van der Waals surface area contributed by atoms with Crippen LogP contribution in [0.3, 0.4) is 0 Å². The minimum Gasteiger partial charge on any atom is -0.387 e. The summed E-state index contributed by atoms with van der Waals surface area (Å²) in [7, 11) is 0. The van der Waals surface area contributed by atoms with E-state index in [4.69, 9.17) is 11.6 Å². The SMILES string of the molecule is CCC(CC)NC(=O)NCC(O)c1ccc(Cl)cc1. The predicted octanol–water partition coefficient (Wildman–Crippen LogP) is 2.86. The number of aliphatic hydroxyl groups excluding tert-OH is 1. The summed E-state index contributed by atoms with van der Waals surface area (Å²) in [6.07, 6.45) is 1.05. The Labute approximate surface area is 119 Å². The van der Waals surface area contributed by atoms with Crippen molar-refractivity contribution in [3.05, 3.63) is 34.9 Å². The van der Waals surface area contributed by atoms with Crippen molar-refractivity contribution in [2.75, 3.05) is 6.54 Å². The average molecular weight is 285 g/mol. The van der Waals surface area contributed by atoms with E-state index in [1.807, 2.05) is 13.8 Å². The summed E-state index contributed by atoms with van der Waals surface area (Å²) >= 11 is 5.77. The molecule has 1 aromatic rings. The molecule has 0 aliphatic heterocycles. The van der Waals surface area contributed by atoms with Crippen LogP contribution in [0.1, 0.15) is 38.4 Å². The fourth-order valence-corrected chi connectivity index (χ4v) is 1.85. The topological polar surface area (TPSA) is 61.4 Å². The van der Waals surface area contributed by atoms with Crippen molar-refractivity contribution in [2.24, 2.45) is 0 Å². The van der Waals surface area contributed by atoms with Crippen LogP contribution in [0.25, 0.3) is 0 Å². The summed E-state index contributed by atoms with van der Waals surface area (Å²) < 4.78 is 0. The third-order valence-corrected chi connectivity index (χ3v) is 3.28. The van der Waals surface area contributed by atoms with Crippen molar-refractivity contribution in [2.45, 2.75) is 38.8 Å². The molecule has 1 rings (SSSR count). The second-order valence-corrected chi connectivity index (χ2v) is 4.87. The zero-order valence-corrected chi connectivity index (χ0v) is 12.1. The molecular formula is C14H21ClN2O2. The van der Waals surface area contributed by atoms with Gasteiger partial charge < -0.3 is 15.7 Å². The molecule has 4 nitrogen and oxygen atoms in total. The number of carbonyl (C=O) groups excluding carboxylic acids is 1. The quantitative estimate of drug-likeness (QED) is 0.752. The van der Waals surface area contributed by atoms with E-state index in [-0.39, 0.29) is 18.6 Å². The van der Waals surface area contributed by atoms with Gasteiger partial charge in [-0.15, -0.1) is 0 Å². The number of benzene rings is 1. The van der Waals surface area contributed by atoms with Gasteiger partial charge in [-0.2, -0.15) is 0 Å². The summed E-state index contributed by atoms with van der Waals surface area (Å²) in [5, 5.41) is 16.1. The van der Waals surface area contributed by atoms with Gasteiger partial charge in [0.25, 0.3) is 0 Å².